The first-order valence-corrected chi connectivity index (χ1v) is 9.97. The van der Waals surface area contributed by atoms with Gasteiger partial charge < -0.3 is 10.2 Å². The minimum atomic E-state index is -4.64. The molecule has 0 spiro atoms. The van der Waals surface area contributed by atoms with Crippen molar-refractivity contribution < 1.29 is 31.1 Å². The summed E-state index contributed by atoms with van der Waals surface area (Å²) >= 11 is 0. The molecule has 3 heterocycles. The van der Waals surface area contributed by atoms with Crippen LogP contribution in [0.3, 0.4) is 0 Å². The minimum Gasteiger partial charge on any atom is -0.352 e. The molecule has 180 valence electrons. The number of likely N-dealkylation sites (tertiary alicyclic amines) is 1. The summed E-state index contributed by atoms with van der Waals surface area (Å²) < 4.78 is 81.5. The summed E-state index contributed by atoms with van der Waals surface area (Å²) in [5.74, 6) is -5.03. The monoisotopic (exact) mass is 485 g/mol. The van der Waals surface area contributed by atoms with Crippen LogP contribution in [0.2, 0.25) is 0 Å². The topological polar surface area (TPSA) is 88.8 Å². The molecule has 1 N–H and O–H groups in total. The molecule has 0 aliphatic carbocycles. The maximum Gasteiger partial charge on any atom is 0.419 e. The lowest BCUT2D eigenvalue weighted by molar-refractivity contribution is -0.138. The van der Waals surface area contributed by atoms with E-state index in [1.807, 2.05) is 0 Å². The number of amides is 1. The fraction of sp³-hybridized carbons (Fsp3) is 0.350. The van der Waals surface area contributed by atoms with Gasteiger partial charge in [-0.05, 0) is 19.1 Å². The first-order valence-electron chi connectivity index (χ1n) is 9.97. The van der Waals surface area contributed by atoms with Gasteiger partial charge in [0.2, 0.25) is 5.95 Å². The Hall–Kier alpha value is -3.71. The summed E-state index contributed by atoms with van der Waals surface area (Å²) in [6, 6.07) is 0.561. The van der Waals surface area contributed by atoms with E-state index in [-0.39, 0.29) is 29.3 Å². The molecule has 2 aromatic heterocycles. The first-order chi connectivity index (χ1) is 16.0. The van der Waals surface area contributed by atoms with Crippen molar-refractivity contribution >= 4 is 11.9 Å². The lowest BCUT2D eigenvalue weighted by Gasteiger charge is -2.28. The molecule has 1 fully saturated rings. The number of alkyl halides is 5. The van der Waals surface area contributed by atoms with E-state index in [1.165, 1.54) is 25.4 Å². The SMILES string of the molecule is Cc1c(F)ccc(C(=O)N2CCC(F)(F)C2CNc2ncc(C(F)(F)F)cn2)c1-n1nccn1. The van der Waals surface area contributed by atoms with Crippen LogP contribution in [0.1, 0.15) is 27.9 Å². The number of halogens is 6. The van der Waals surface area contributed by atoms with Crippen LogP contribution in [0.4, 0.5) is 32.3 Å². The van der Waals surface area contributed by atoms with E-state index in [9.17, 15) is 31.1 Å². The van der Waals surface area contributed by atoms with Crippen LogP contribution >= 0.6 is 0 Å². The van der Waals surface area contributed by atoms with Gasteiger partial charge in [-0.1, -0.05) is 0 Å². The Morgan fingerprint density at radius 3 is 2.44 bits per heavy atom. The summed E-state index contributed by atoms with van der Waals surface area (Å²) in [6.07, 6.45) is -1.59. The Balaban J connectivity index is 1.59. The number of benzene rings is 1. The molecular weight excluding hydrogens is 468 g/mol. The van der Waals surface area contributed by atoms with Gasteiger partial charge in [-0.15, -0.1) is 0 Å². The molecule has 34 heavy (non-hydrogen) atoms. The predicted molar refractivity (Wildman–Crippen MR) is 106 cm³/mol. The van der Waals surface area contributed by atoms with Crippen LogP contribution < -0.4 is 5.32 Å². The van der Waals surface area contributed by atoms with E-state index in [2.05, 4.69) is 25.5 Å². The highest BCUT2D eigenvalue weighted by Gasteiger charge is 2.51. The zero-order valence-electron chi connectivity index (χ0n) is 17.5. The zero-order chi connectivity index (χ0) is 24.7. The van der Waals surface area contributed by atoms with Crippen molar-refractivity contribution in [2.75, 3.05) is 18.4 Å². The molecule has 0 radical (unpaired) electrons. The molecule has 1 aliphatic rings. The number of carbonyl (C=O) groups excluding carboxylic acids is 1. The number of hydrogen-bond acceptors (Lipinski definition) is 6. The van der Waals surface area contributed by atoms with Gasteiger partial charge >= 0.3 is 6.18 Å². The maximum absolute atomic E-state index is 14.7. The standard InChI is InChI=1S/C20H17F6N7O/c1-11-14(21)3-2-13(16(11)33-30-5-6-31-33)17(34)32-7-4-19(22,23)15(32)10-29-18-27-8-12(9-28-18)20(24,25)26/h2-3,5-6,8-9,15H,4,7,10H2,1H3,(H,27,28,29). The second kappa shape index (κ2) is 8.57. The smallest absolute Gasteiger partial charge is 0.352 e. The Kier molecular flexibility index (Phi) is 5.91. The van der Waals surface area contributed by atoms with E-state index >= 15 is 0 Å². The number of hydrogen-bond donors (Lipinski definition) is 1. The summed E-state index contributed by atoms with van der Waals surface area (Å²) in [7, 11) is 0. The van der Waals surface area contributed by atoms with Gasteiger partial charge in [0.1, 0.15) is 17.5 Å². The normalized spacial score (nSPS) is 17.7. The van der Waals surface area contributed by atoms with Gasteiger partial charge in [0.25, 0.3) is 11.8 Å². The molecule has 1 saturated heterocycles. The molecule has 1 aliphatic heterocycles. The highest BCUT2D eigenvalue weighted by molar-refractivity contribution is 5.98. The number of carbonyl (C=O) groups is 1. The summed E-state index contributed by atoms with van der Waals surface area (Å²) in [6.45, 7) is 0.582. The highest BCUT2D eigenvalue weighted by Crippen LogP contribution is 2.36. The van der Waals surface area contributed by atoms with Crippen LogP contribution in [0, 0.1) is 12.7 Å². The van der Waals surface area contributed by atoms with E-state index in [0.717, 1.165) is 15.8 Å². The third-order valence-corrected chi connectivity index (χ3v) is 5.46. The third kappa shape index (κ3) is 4.39. The molecule has 1 unspecified atom stereocenters. The van der Waals surface area contributed by atoms with Gasteiger partial charge in [-0.3, -0.25) is 4.79 Å². The summed E-state index contributed by atoms with van der Waals surface area (Å²) in [5.41, 5.74) is -1.10. The Bertz CT molecular complexity index is 1180. The first kappa shape index (κ1) is 23.4. The number of anilines is 1. The molecule has 3 aromatic rings. The summed E-state index contributed by atoms with van der Waals surface area (Å²) in [5, 5.41) is 10.3. The zero-order valence-corrected chi connectivity index (χ0v) is 17.5. The van der Waals surface area contributed by atoms with Gasteiger partial charge in [-0.25, -0.2) is 23.1 Å². The van der Waals surface area contributed by atoms with Crippen LogP contribution in [0.25, 0.3) is 5.69 Å². The van der Waals surface area contributed by atoms with E-state index in [4.69, 9.17) is 0 Å². The lowest BCUT2D eigenvalue weighted by Crippen LogP contribution is -2.47. The average Bonchev–Trinajstić information content (AvgIpc) is 3.41. The van der Waals surface area contributed by atoms with E-state index in [1.54, 1.807) is 0 Å². The van der Waals surface area contributed by atoms with E-state index in [0.29, 0.717) is 12.4 Å². The number of aromatic nitrogens is 5. The molecule has 8 nitrogen and oxygen atoms in total. The van der Waals surface area contributed by atoms with Gasteiger partial charge in [0.15, 0.2) is 0 Å². The Labute approximate surface area is 188 Å². The Morgan fingerprint density at radius 1 is 1.18 bits per heavy atom. The molecule has 1 amide bonds. The van der Waals surface area contributed by atoms with Gasteiger partial charge in [0, 0.05) is 37.5 Å². The third-order valence-electron chi connectivity index (χ3n) is 5.46. The maximum atomic E-state index is 14.7. The van der Waals surface area contributed by atoms with Crippen molar-refractivity contribution in [3.05, 3.63) is 59.4 Å². The lowest BCUT2D eigenvalue weighted by atomic mass is 10.1. The van der Waals surface area contributed by atoms with Crippen molar-refractivity contribution in [2.45, 2.75) is 31.5 Å². The second-order valence-electron chi connectivity index (χ2n) is 7.59. The molecular formula is C20H17F6N7O. The summed E-state index contributed by atoms with van der Waals surface area (Å²) in [4.78, 5) is 22.3. The van der Waals surface area contributed by atoms with Crippen molar-refractivity contribution in [1.29, 1.82) is 0 Å². The van der Waals surface area contributed by atoms with Crippen molar-refractivity contribution in [1.82, 2.24) is 29.9 Å². The fourth-order valence-electron chi connectivity index (χ4n) is 3.67. The predicted octanol–water partition coefficient (Wildman–Crippen LogP) is 3.49. The molecule has 0 saturated carbocycles. The van der Waals surface area contributed by atoms with Crippen molar-refractivity contribution in [3.8, 4) is 5.69 Å². The number of nitrogens with one attached hydrogen (secondary N) is 1. The highest BCUT2D eigenvalue weighted by atomic mass is 19.4. The molecule has 14 heteroatoms. The number of rotatable bonds is 5. The van der Waals surface area contributed by atoms with Gasteiger partial charge in [-0.2, -0.15) is 28.2 Å². The van der Waals surface area contributed by atoms with Crippen LogP contribution in [0.5, 0.6) is 0 Å². The largest absolute Gasteiger partial charge is 0.419 e. The quantitative estimate of drug-likeness (QED) is 0.557. The van der Waals surface area contributed by atoms with Crippen LogP contribution in [0.15, 0.2) is 36.9 Å². The van der Waals surface area contributed by atoms with Gasteiger partial charge in [0.05, 0.1) is 23.5 Å². The molecule has 1 atom stereocenters. The van der Waals surface area contributed by atoms with Crippen LogP contribution in [-0.2, 0) is 6.18 Å². The molecule has 4 rings (SSSR count). The van der Waals surface area contributed by atoms with Crippen molar-refractivity contribution in [3.63, 3.8) is 0 Å². The fourth-order valence-corrected chi connectivity index (χ4v) is 3.67. The van der Waals surface area contributed by atoms with E-state index < -0.39 is 48.4 Å². The average molecular weight is 485 g/mol. The second-order valence-corrected chi connectivity index (χ2v) is 7.59. The Morgan fingerprint density at radius 2 is 1.82 bits per heavy atom. The molecule has 1 aromatic carbocycles. The minimum absolute atomic E-state index is 0.0167. The molecule has 0 bridgehead atoms. The van der Waals surface area contributed by atoms with Crippen LogP contribution in [-0.4, -0.2) is 60.8 Å². The van der Waals surface area contributed by atoms with Crippen molar-refractivity contribution in [2.24, 2.45) is 0 Å². The number of nitrogens with zero attached hydrogens (tertiary/aromatic N) is 6.